The summed E-state index contributed by atoms with van der Waals surface area (Å²) in [4.78, 5) is 14.8. The predicted octanol–water partition coefficient (Wildman–Crippen LogP) is 1.33. The first-order chi connectivity index (χ1) is 7.61. The number of hydrogen-bond donors (Lipinski definition) is 0. The van der Waals surface area contributed by atoms with Gasteiger partial charge in [-0.15, -0.1) is 0 Å². The fourth-order valence-corrected chi connectivity index (χ4v) is 1.81. The van der Waals surface area contributed by atoms with Crippen LogP contribution in [0, 0.1) is 0 Å². The van der Waals surface area contributed by atoms with Crippen molar-refractivity contribution in [3.05, 3.63) is 29.6 Å². The number of Topliss-reactive ketones (excluding diaryl/α,β-unsaturated/α-hetero) is 1. The van der Waals surface area contributed by atoms with Gasteiger partial charge in [-0.05, 0) is 6.07 Å². The normalized spacial score (nSPS) is 12.5. The average molecular weight is 267 g/mol. The lowest BCUT2D eigenvalue weighted by molar-refractivity contribution is -0.138. The van der Waals surface area contributed by atoms with Gasteiger partial charge in [0.05, 0.1) is 5.56 Å². The molecule has 1 heterocycles. The maximum absolute atomic E-state index is 12.5. The van der Waals surface area contributed by atoms with Crippen LogP contribution in [-0.2, 0) is 16.0 Å². The highest BCUT2D eigenvalue weighted by Gasteiger charge is 2.35. The zero-order valence-electron chi connectivity index (χ0n) is 8.65. The molecule has 0 aliphatic heterocycles. The summed E-state index contributed by atoms with van der Waals surface area (Å²) in [6, 6.07) is 0.634. The van der Waals surface area contributed by atoms with Gasteiger partial charge >= 0.3 is 6.18 Å². The van der Waals surface area contributed by atoms with E-state index in [0.29, 0.717) is 6.07 Å². The molecule has 1 aromatic rings. The Hall–Kier alpha value is -1.44. The van der Waals surface area contributed by atoms with E-state index in [9.17, 15) is 26.4 Å². The van der Waals surface area contributed by atoms with E-state index in [2.05, 4.69) is 4.98 Å². The standard InChI is InChI=1S/C9H8F3NO3S/c1-17(15,16)5-8(14)6-4-13-3-2-7(6)9(10,11)12/h2-4H,5H2,1H3. The van der Waals surface area contributed by atoms with Crippen molar-refractivity contribution in [3.8, 4) is 0 Å². The zero-order chi connectivity index (χ0) is 13.3. The Bertz CT molecular complexity index is 537. The number of ketones is 1. The van der Waals surface area contributed by atoms with Crippen LogP contribution in [0.4, 0.5) is 13.2 Å². The molecule has 0 saturated heterocycles. The Morgan fingerprint density at radius 2 is 2.00 bits per heavy atom. The van der Waals surface area contributed by atoms with Crippen molar-refractivity contribution in [1.82, 2.24) is 4.98 Å². The summed E-state index contributed by atoms with van der Waals surface area (Å²) in [5.74, 6) is -2.09. The number of sulfone groups is 1. The van der Waals surface area contributed by atoms with Gasteiger partial charge in [0.25, 0.3) is 0 Å². The highest BCUT2D eigenvalue weighted by Crippen LogP contribution is 2.31. The van der Waals surface area contributed by atoms with Crippen LogP contribution in [0.2, 0.25) is 0 Å². The molecular formula is C9H8F3NO3S. The summed E-state index contributed by atoms with van der Waals surface area (Å²) in [5.41, 5.74) is -1.91. The first kappa shape index (κ1) is 13.6. The summed E-state index contributed by atoms with van der Waals surface area (Å²) >= 11 is 0. The van der Waals surface area contributed by atoms with Crippen molar-refractivity contribution in [2.24, 2.45) is 0 Å². The molecule has 0 saturated carbocycles. The third-order valence-corrected chi connectivity index (χ3v) is 2.61. The number of rotatable bonds is 3. The Morgan fingerprint density at radius 1 is 1.41 bits per heavy atom. The van der Waals surface area contributed by atoms with Gasteiger partial charge in [-0.3, -0.25) is 9.78 Å². The van der Waals surface area contributed by atoms with Crippen molar-refractivity contribution < 1.29 is 26.4 Å². The van der Waals surface area contributed by atoms with Crippen molar-refractivity contribution in [2.75, 3.05) is 12.0 Å². The molecule has 94 valence electrons. The first-order valence-corrected chi connectivity index (χ1v) is 6.39. The number of carbonyl (C=O) groups is 1. The van der Waals surface area contributed by atoms with Gasteiger partial charge in [-0.1, -0.05) is 0 Å². The molecule has 1 rings (SSSR count). The smallest absolute Gasteiger partial charge is 0.293 e. The topological polar surface area (TPSA) is 64.1 Å². The third kappa shape index (κ3) is 3.81. The lowest BCUT2D eigenvalue weighted by Crippen LogP contribution is -2.19. The van der Waals surface area contributed by atoms with Gasteiger partial charge in [0.15, 0.2) is 15.6 Å². The number of carbonyl (C=O) groups excluding carboxylic acids is 1. The van der Waals surface area contributed by atoms with Gasteiger partial charge < -0.3 is 0 Å². The molecular weight excluding hydrogens is 259 g/mol. The van der Waals surface area contributed by atoms with E-state index < -0.39 is 38.7 Å². The van der Waals surface area contributed by atoms with E-state index in [1.165, 1.54) is 0 Å². The number of hydrogen-bond acceptors (Lipinski definition) is 4. The number of nitrogens with zero attached hydrogens (tertiary/aromatic N) is 1. The summed E-state index contributed by atoms with van der Waals surface area (Å²) in [6.45, 7) is 0. The molecule has 0 aliphatic rings. The van der Waals surface area contributed by atoms with Crippen molar-refractivity contribution in [2.45, 2.75) is 6.18 Å². The van der Waals surface area contributed by atoms with Gasteiger partial charge in [0.1, 0.15) is 5.75 Å². The molecule has 0 aromatic carbocycles. The van der Waals surface area contributed by atoms with Crippen molar-refractivity contribution >= 4 is 15.6 Å². The monoisotopic (exact) mass is 267 g/mol. The van der Waals surface area contributed by atoms with Crippen LogP contribution in [0.15, 0.2) is 18.5 Å². The van der Waals surface area contributed by atoms with E-state index in [4.69, 9.17) is 0 Å². The van der Waals surface area contributed by atoms with Crippen LogP contribution in [0.5, 0.6) is 0 Å². The van der Waals surface area contributed by atoms with Crippen LogP contribution < -0.4 is 0 Å². The van der Waals surface area contributed by atoms with E-state index in [0.717, 1.165) is 18.6 Å². The second kappa shape index (κ2) is 4.44. The van der Waals surface area contributed by atoms with Crippen LogP contribution in [0.3, 0.4) is 0 Å². The van der Waals surface area contributed by atoms with Crippen molar-refractivity contribution in [1.29, 1.82) is 0 Å². The quantitative estimate of drug-likeness (QED) is 0.775. The van der Waals surface area contributed by atoms with Crippen LogP contribution in [0.1, 0.15) is 15.9 Å². The average Bonchev–Trinajstić information content (AvgIpc) is 2.13. The van der Waals surface area contributed by atoms with Gasteiger partial charge in [-0.25, -0.2) is 8.42 Å². The fourth-order valence-electron chi connectivity index (χ4n) is 1.18. The molecule has 0 aliphatic carbocycles. The molecule has 1 aromatic heterocycles. The minimum absolute atomic E-state index is 0.634. The third-order valence-electron chi connectivity index (χ3n) is 1.82. The maximum Gasteiger partial charge on any atom is 0.417 e. The van der Waals surface area contributed by atoms with Gasteiger partial charge in [0, 0.05) is 24.2 Å². The first-order valence-electron chi connectivity index (χ1n) is 4.33. The molecule has 0 bridgehead atoms. The summed E-state index contributed by atoms with van der Waals surface area (Å²) in [6.07, 6.45) is -2.34. The van der Waals surface area contributed by atoms with Crippen LogP contribution >= 0.6 is 0 Å². The minimum atomic E-state index is -4.72. The number of alkyl halides is 3. The van der Waals surface area contributed by atoms with Crippen molar-refractivity contribution in [3.63, 3.8) is 0 Å². The zero-order valence-corrected chi connectivity index (χ0v) is 9.47. The molecule has 0 N–H and O–H groups in total. The number of pyridine rings is 1. The minimum Gasteiger partial charge on any atom is -0.293 e. The Kier molecular flexibility index (Phi) is 3.56. The van der Waals surface area contributed by atoms with E-state index >= 15 is 0 Å². The Labute approximate surface area is 95.4 Å². The molecule has 0 atom stereocenters. The van der Waals surface area contributed by atoms with E-state index in [-0.39, 0.29) is 0 Å². The Balaban J connectivity index is 3.19. The molecule has 0 fully saturated rings. The van der Waals surface area contributed by atoms with E-state index in [1.54, 1.807) is 0 Å². The molecule has 8 heteroatoms. The fraction of sp³-hybridized carbons (Fsp3) is 0.333. The van der Waals surface area contributed by atoms with Crippen LogP contribution in [0.25, 0.3) is 0 Å². The predicted molar refractivity (Wildman–Crippen MR) is 53.3 cm³/mol. The molecule has 4 nitrogen and oxygen atoms in total. The molecule has 0 radical (unpaired) electrons. The highest BCUT2D eigenvalue weighted by molar-refractivity contribution is 7.91. The van der Waals surface area contributed by atoms with E-state index in [1.807, 2.05) is 0 Å². The SMILES string of the molecule is CS(=O)(=O)CC(=O)c1cnccc1C(F)(F)F. The lowest BCUT2D eigenvalue weighted by Gasteiger charge is -2.10. The van der Waals surface area contributed by atoms with Crippen LogP contribution in [-0.4, -0.2) is 31.2 Å². The number of halogens is 3. The summed E-state index contributed by atoms with van der Waals surface area (Å²) in [5, 5.41) is 0. The Morgan fingerprint density at radius 3 is 2.47 bits per heavy atom. The molecule has 0 unspecified atom stereocenters. The largest absolute Gasteiger partial charge is 0.417 e. The lowest BCUT2D eigenvalue weighted by atomic mass is 10.1. The summed E-state index contributed by atoms with van der Waals surface area (Å²) in [7, 11) is -3.68. The second-order valence-corrected chi connectivity index (χ2v) is 5.55. The summed E-state index contributed by atoms with van der Waals surface area (Å²) < 4.78 is 59.2. The van der Waals surface area contributed by atoms with Gasteiger partial charge in [0.2, 0.25) is 0 Å². The molecule has 0 spiro atoms. The highest BCUT2D eigenvalue weighted by atomic mass is 32.2. The number of aromatic nitrogens is 1. The van der Waals surface area contributed by atoms with Gasteiger partial charge in [-0.2, -0.15) is 13.2 Å². The maximum atomic E-state index is 12.5. The second-order valence-electron chi connectivity index (χ2n) is 3.41. The molecule has 17 heavy (non-hydrogen) atoms. The molecule has 0 amide bonds.